The molecule has 0 aliphatic carbocycles. The monoisotopic (exact) mass is 261 g/mol. The van der Waals surface area contributed by atoms with Crippen molar-refractivity contribution >= 4 is 11.5 Å². The van der Waals surface area contributed by atoms with Crippen LogP contribution in [0.1, 0.15) is 26.2 Å². The van der Waals surface area contributed by atoms with Gasteiger partial charge in [-0.2, -0.15) is 0 Å². The molecule has 3 rings (SSSR count). The van der Waals surface area contributed by atoms with Crippen molar-refractivity contribution < 1.29 is 0 Å². The topological polar surface area (TPSA) is 71.2 Å². The molecule has 3 heterocycles. The molecule has 0 radical (unpaired) electrons. The van der Waals surface area contributed by atoms with Gasteiger partial charge in [-0.15, -0.1) is 14.8 Å². The number of tetrazole rings is 1. The lowest BCUT2D eigenvalue weighted by molar-refractivity contribution is 0.246. The third-order valence-corrected chi connectivity index (χ3v) is 3.72. The summed E-state index contributed by atoms with van der Waals surface area (Å²) in [6, 6.07) is 4.36. The van der Waals surface area contributed by atoms with E-state index in [0.29, 0.717) is 11.7 Å². The first kappa shape index (κ1) is 12.3. The minimum Gasteiger partial charge on any atom is -0.367 e. The maximum absolute atomic E-state index is 4.32. The summed E-state index contributed by atoms with van der Waals surface area (Å²) in [4.78, 5) is 2.56. The van der Waals surface area contributed by atoms with E-state index >= 15 is 0 Å². The van der Waals surface area contributed by atoms with Crippen molar-refractivity contribution in [2.75, 3.05) is 25.0 Å². The number of rotatable bonds is 5. The van der Waals surface area contributed by atoms with Gasteiger partial charge >= 0.3 is 0 Å². The number of aromatic nitrogens is 5. The summed E-state index contributed by atoms with van der Waals surface area (Å²) in [5, 5.41) is 18.9. The van der Waals surface area contributed by atoms with Gasteiger partial charge in [0.25, 0.3) is 0 Å². The van der Waals surface area contributed by atoms with E-state index in [2.05, 4.69) is 37.8 Å². The predicted molar refractivity (Wildman–Crippen MR) is 72.0 cm³/mol. The zero-order valence-electron chi connectivity index (χ0n) is 11.2. The fraction of sp³-hybridized carbons (Fsp3) is 0.667. The highest BCUT2D eigenvalue weighted by Crippen LogP contribution is 2.14. The predicted octanol–water partition coefficient (Wildman–Crippen LogP) is 0.806. The lowest BCUT2D eigenvalue weighted by Crippen LogP contribution is -2.37. The van der Waals surface area contributed by atoms with Gasteiger partial charge < -0.3 is 5.32 Å². The van der Waals surface area contributed by atoms with Gasteiger partial charge in [-0.3, -0.25) is 4.90 Å². The molecule has 1 aliphatic heterocycles. The molecule has 1 fully saturated rings. The largest absolute Gasteiger partial charge is 0.367 e. The second-order valence-electron chi connectivity index (χ2n) is 4.93. The zero-order chi connectivity index (χ0) is 13.1. The van der Waals surface area contributed by atoms with Crippen molar-refractivity contribution in [3.05, 3.63) is 12.1 Å². The third-order valence-electron chi connectivity index (χ3n) is 3.72. The smallest absolute Gasteiger partial charge is 0.200 e. The highest BCUT2D eigenvalue weighted by atomic mass is 15.6. The number of nitrogens with zero attached hydrogens (tertiary/aromatic N) is 6. The van der Waals surface area contributed by atoms with Gasteiger partial charge in [0, 0.05) is 12.6 Å². The number of likely N-dealkylation sites (tertiary alicyclic amines) is 1. The van der Waals surface area contributed by atoms with Crippen LogP contribution in [-0.2, 0) is 0 Å². The Hall–Kier alpha value is -1.76. The molecule has 1 aliphatic rings. The van der Waals surface area contributed by atoms with Crippen LogP contribution in [0.4, 0.5) is 5.82 Å². The molecule has 1 N–H and O–H groups in total. The van der Waals surface area contributed by atoms with Crippen molar-refractivity contribution in [3.8, 4) is 0 Å². The van der Waals surface area contributed by atoms with Crippen LogP contribution < -0.4 is 5.32 Å². The highest BCUT2D eigenvalue weighted by Gasteiger charge is 2.20. The van der Waals surface area contributed by atoms with Crippen molar-refractivity contribution in [3.63, 3.8) is 0 Å². The van der Waals surface area contributed by atoms with Gasteiger partial charge in [-0.25, -0.2) is 0 Å². The van der Waals surface area contributed by atoms with Crippen molar-refractivity contribution in [1.29, 1.82) is 0 Å². The molecule has 102 valence electrons. The number of fused-ring (bicyclic) bond motifs is 1. The normalized spacial score (nSPS) is 17.9. The Morgan fingerprint density at radius 2 is 2.16 bits per heavy atom. The van der Waals surface area contributed by atoms with Crippen LogP contribution in [0, 0.1) is 0 Å². The standard InChI is InChI=1S/C12H19N7/c1-2-10(18-7-3-4-8-18)9-13-11-5-6-12-14-16-17-19(12)15-11/h5-6,10H,2-4,7-9H2,1H3,(H,13,15). The first-order valence-corrected chi connectivity index (χ1v) is 6.90. The minimum absolute atomic E-state index is 0.578. The minimum atomic E-state index is 0.578. The van der Waals surface area contributed by atoms with E-state index in [1.54, 1.807) is 0 Å². The van der Waals surface area contributed by atoms with Crippen LogP contribution in [-0.4, -0.2) is 55.8 Å². The number of anilines is 1. The second-order valence-corrected chi connectivity index (χ2v) is 4.93. The Morgan fingerprint density at radius 3 is 2.95 bits per heavy atom. The van der Waals surface area contributed by atoms with Crippen LogP contribution in [0.5, 0.6) is 0 Å². The Balaban J connectivity index is 1.63. The van der Waals surface area contributed by atoms with Gasteiger partial charge in [0.2, 0.25) is 0 Å². The molecule has 1 unspecified atom stereocenters. The lowest BCUT2D eigenvalue weighted by atomic mass is 10.2. The quantitative estimate of drug-likeness (QED) is 0.858. The summed E-state index contributed by atoms with van der Waals surface area (Å²) in [7, 11) is 0. The number of hydrogen-bond acceptors (Lipinski definition) is 6. The van der Waals surface area contributed by atoms with Gasteiger partial charge in [-0.1, -0.05) is 6.92 Å². The molecule has 19 heavy (non-hydrogen) atoms. The summed E-state index contributed by atoms with van der Waals surface area (Å²) < 4.78 is 1.44. The Morgan fingerprint density at radius 1 is 1.32 bits per heavy atom. The molecule has 2 aromatic heterocycles. The van der Waals surface area contributed by atoms with Gasteiger partial charge in [0.15, 0.2) is 5.65 Å². The molecule has 1 saturated heterocycles. The van der Waals surface area contributed by atoms with Gasteiger partial charge in [0.1, 0.15) is 5.82 Å². The summed E-state index contributed by atoms with van der Waals surface area (Å²) in [6.07, 6.45) is 3.80. The molecule has 7 nitrogen and oxygen atoms in total. The van der Waals surface area contributed by atoms with Gasteiger partial charge in [0.05, 0.1) is 0 Å². The number of nitrogens with one attached hydrogen (secondary N) is 1. The molecule has 1 atom stereocenters. The van der Waals surface area contributed by atoms with E-state index in [-0.39, 0.29) is 0 Å². The van der Waals surface area contributed by atoms with Gasteiger partial charge in [-0.05, 0) is 54.9 Å². The fourth-order valence-electron chi connectivity index (χ4n) is 2.60. The maximum atomic E-state index is 4.32. The second kappa shape index (κ2) is 5.48. The SMILES string of the molecule is CCC(CNc1ccc2nnnn2n1)N1CCCC1. The molecule has 0 spiro atoms. The first-order valence-electron chi connectivity index (χ1n) is 6.90. The van der Waals surface area contributed by atoms with E-state index < -0.39 is 0 Å². The Bertz CT molecular complexity index is 532. The molecule has 0 saturated carbocycles. The van der Waals surface area contributed by atoms with Crippen molar-refractivity contribution in [1.82, 2.24) is 30.2 Å². The van der Waals surface area contributed by atoms with Crippen molar-refractivity contribution in [2.45, 2.75) is 32.2 Å². The zero-order valence-corrected chi connectivity index (χ0v) is 11.2. The summed E-state index contributed by atoms with van der Waals surface area (Å²) in [5.74, 6) is 0.817. The summed E-state index contributed by atoms with van der Waals surface area (Å²) >= 11 is 0. The molecular weight excluding hydrogens is 242 g/mol. The Kier molecular flexibility index (Phi) is 3.54. The molecule has 0 bridgehead atoms. The fourth-order valence-corrected chi connectivity index (χ4v) is 2.60. The van der Waals surface area contributed by atoms with E-state index in [1.165, 1.54) is 30.6 Å². The maximum Gasteiger partial charge on any atom is 0.200 e. The van der Waals surface area contributed by atoms with Crippen LogP contribution in [0.2, 0.25) is 0 Å². The molecule has 0 amide bonds. The summed E-state index contributed by atoms with van der Waals surface area (Å²) in [5.41, 5.74) is 0.664. The molecule has 0 aromatic carbocycles. The van der Waals surface area contributed by atoms with Crippen LogP contribution in [0.3, 0.4) is 0 Å². The molecule has 7 heteroatoms. The first-order chi connectivity index (χ1) is 9.36. The highest BCUT2D eigenvalue weighted by molar-refractivity contribution is 5.42. The van der Waals surface area contributed by atoms with Crippen LogP contribution >= 0.6 is 0 Å². The van der Waals surface area contributed by atoms with E-state index in [0.717, 1.165) is 18.8 Å². The lowest BCUT2D eigenvalue weighted by Gasteiger charge is -2.26. The van der Waals surface area contributed by atoms with E-state index in [9.17, 15) is 0 Å². The average molecular weight is 261 g/mol. The van der Waals surface area contributed by atoms with Crippen LogP contribution in [0.15, 0.2) is 12.1 Å². The molecular formula is C12H19N7. The van der Waals surface area contributed by atoms with Crippen LogP contribution in [0.25, 0.3) is 5.65 Å². The van der Waals surface area contributed by atoms with E-state index in [1.807, 2.05) is 12.1 Å². The van der Waals surface area contributed by atoms with E-state index in [4.69, 9.17) is 0 Å². The third kappa shape index (κ3) is 2.65. The molecule has 2 aromatic rings. The van der Waals surface area contributed by atoms with Crippen molar-refractivity contribution in [2.24, 2.45) is 0 Å². The number of hydrogen-bond donors (Lipinski definition) is 1. The average Bonchev–Trinajstić information content (AvgIpc) is 3.10. The summed E-state index contributed by atoms with van der Waals surface area (Å²) in [6.45, 7) is 5.60. The Labute approximate surface area is 112 Å².